The Balaban J connectivity index is 2.05. The molecule has 1 N–H and O–H groups in total. The van der Waals surface area contributed by atoms with Crippen molar-refractivity contribution in [2.24, 2.45) is 0 Å². The maximum atomic E-state index is 12.9. The number of aromatic nitrogens is 4. The molecule has 2 heterocycles. The molecule has 23 heavy (non-hydrogen) atoms. The summed E-state index contributed by atoms with van der Waals surface area (Å²) in [5.74, 6) is 0. The first kappa shape index (κ1) is 15.5. The van der Waals surface area contributed by atoms with Gasteiger partial charge < -0.3 is 0 Å². The Labute approximate surface area is 136 Å². The summed E-state index contributed by atoms with van der Waals surface area (Å²) >= 11 is 6.89. The van der Waals surface area contributed by atoms with Crippen LogP contribution in [-0.4, -0.2) is 20.4 Å². The molecule has 2 aromatic heterocycles. The highest BCUT2D eigenvalue weighted by atomic mass is 35.5. The number of benzene rings is 1. The van der Waals surface area contributed by atoms with Gasteiger partial charge in [0.25, 0.3) is 0 Å². The van der Waals surface area contributed by atoms with Crippen molar-refractivity contribution in [2.75, 3.05) is 0 Å². The molecule has 1 aromatic carbocycles. The Morgan fingerprint density at radius 3 is 2.70 bits per heavy atom. The minimum atomic E-state index is -4.50. The molecule has 0 aliphatic rings. The molecular formula is C13H5ClF3N5S. The number of H-pyrrole nitrogens is 1. The van der Waals surface area contributed by atoms with E-state index in [2.05, 4.69) is 20.4 Å². The Bertz CT molecular complexity index is 909. The smallest absolute Gasteiger partial charge is 0.234 e. The van der Waals surface area contributed by atoms with Gasteiger partial charge in [-0.2, -0.15) is 28.7 Å². The third-order valence-corrected chi connectivity index (χ3v) is 3.98. The molecule has 0 radical (unpaired) electrons. The predicted molar refractivity (Wildman–Crippen MR) is 77.7 cm³/mol. The van der Waals surface area contributed by atoms with Crippen molar-refractivity contribution in [2.45, 2.75) is 6.18 Å². The van der Waals surface area contributed by atoms with Crippen LogP contribution in [0.2, 0.25) is 5.02 Å². The fourth-order valence-electron chi connectivity index (χ4n) is 1.88. The number of nitrogens with one attached hydrogen (secondary N) is 1. The highest BCUT2D eigenvalue weighted by molar-refractivity contribution is 7.13. The second-order valence-electron chi connectivity index (χ2n) is 4.40. The summed E-state index contributed by atoms with van der Waals surface area (Å²) < 4.78 is 38.6. The van der Waals surface area contributed by atoms with Gasteiger partial charge in [0.2, 0.25) is 0 Å². The van der Waals surface area contributed by atoms with Crippen LogP contribution in [0, 0.1) is 11.3 Å². The zero-order valence-electron chi connectivity index (χ0n) is 11.0. The minimum Gasteiger partial charge on any atom is -0.234 e. The van der Waals surface area contributed by atoms with Crippen molar-refractivity contribution in [1.29, 1.82) is 5.26 Å². The first-order valence-electron chi connectivity index (χ1n) is 6.03. The molecule has 3 aromatic rings. The Morgan fingerprint density at radius 2 is 2.00 bits per heavy atom. The largest absolute Gasteiger partial charge is 0.416 e. The van der Waals surface area contributed by atoms with Crippen LogP contribution in [0.5, 0.6) is 0 Å². The number of nitriles is 1. The highest BCUT2D eigenvalue weighted by Crippen LogP contribution is 2.36. The van der Waals surface area contributed by atoms with E-state index < -0.39 is 11.7 Å². The van der Waals surface area contributed by atoms with Gasteiger partial charge in [0.05, 0.1) is 5.56 Å². The first-order valence-corrected chi connectivity index (χ1v) is 7.29. The lowest BCUT2D eigenvalue weighted by Gasteiger charge is -2.08. The molecule has 3 rings (SSSR count). The van der Waals surface area contributed by atoms with Gasteiger partial charge in [0.15, 0.2) is 5.69 Å². The number of halogens is 4. The molecule has 5 nitrogen and oxygen atoms in total. The second-order valence-corrected chi connectivity index (χ2v) is 5.69. The number of alkyl halides is 3. The second kappa shape index (κ2) is 5.64. The maximum Gasteiger partial charge on any atom is 0.416 e. The van der Waals surface area contributed by atoms with Crippen LogP contribution in [0.15, 0.2) is 23.6 Å². The summed E-state index contributed by atoms with van der Waals surface area (Å²) in [7, 11) is 0. The monoisotopic (exact) mass is 355 g/mol. The van der Waals surface area contributed by atoms with E-state index in [-0.39, 0.29) is 22.0 Å². The molecule has 0 unspecified atom stereocenters. The van der Waals surface area contributed by atoms with E-state index in [9.17, 15) is 13.2 Å². The zero-order valence-corrected chi connectivity index (χ0v) is 12.6. The van der Waals surface area contributed by atoms with Gasteiger partial charge in [0, 0.05) is 16.0 Å². The molecule has 0 saturated carbocycles. The topological polar surface area (TPSA) is 78.2 Å². The van der Waals surface area contributed by atoms with Crippen LogP contribution >= 0.6 is 22.9 Å². The molecule has 0 atom stereocenters. The zero-order chi connectivity index (χ0) is 16.6. The first-order chi connectivity index (χ1) is 10.9. The molecule has 10 heteroatoms. The average molecular weight is 356 g/mol. The highest BCUT2D eigenvalue weighted by Gasteiger charge is 2.31. The van der Waals surface area contributed by atoms with E-state index in [0.29, 0.717) is 10.7 Å². The van der Waals surface area contributed by atoms with Crippen molar-refractivity contribution in [3.8, 4) is 28.0 Å². The van der Waals surface area contributed by atoms with Crippen LogP contribution < -0.4 is 0 Å². The fourth-order valence-corrected chi connectivity index (χ4v) is 2.91. The molecule has 0 spiro atoms. The molecule has 0 aliphatic heterocycles. The normalized spacial score (nSPS) is 11.4. The lowest BCUT2D eigenvalue weighted by molar-refractivity contribution is -0.137. The van der Waals surface area contributed by atoms with Gasteiger partial charge in [0.1, 0.15) is 22.5 Å². The van der Waals surface area contributed by atoms with Gasteiger partial charge in [-0.3, -0.25) is 0 Å². The number of hydrogen-bond donors (Lipinski definition) is 1. The van der Waals surface area contributed by atoms with Crippen molar-refractivity contribution in [3.05, 3.63) is 39.9 Å². The summed E-state index contributed by atoms with van der Waals surface area (Å²) in [6.07, 6.45) is -4.50. The van der Waals surface area contributed by atoms with E-state index in [4.69, 9.17) is 16.9 Å². The number of thiazole rings is 1. The Morgan fingerprint density at radius 1 is 1.22 bits per heavy atom. The van der Waals surface area contributed by atoms with Crippen LogP contribution in [0.25, 0.3) is 22.0 Å². The fraction of sp³-hybridized carbons (Fsp3) is 0.0769. The van der Waals surface area contributed by atoms with Crippen LogP contribution in [0.4, 0.5) is 13.2 Å². The maximum absolute atomic E-state index is 12.9. The third kappa shape index (κ3) is 3.04. The van der Waals surface area contributed by atoms with E-state index >= 15 is 0 Å². The molecule has 0 amide bonds. The molecule has 0 bridgehead atoms. The molecule has 0 aliphatic carbocycles. The summed E-state index contributed by atoms with van der Waals surface area (Å²) in [5, 5.41) is 20.6. The molecule has 0 saturated heterocycles. The predicted octanol–water partition coefficient (Wildman–Crippen LogP) is 4.14. The summed E-state index contributed by atoms with van der Waals surface area (Å²) in [6, 6.07) is 5.07. The number of nitrogens with zero attached hydrogens (tertiary/aromatic N) is 4. The van der Waals surface area contributed by atoms with E-state index in [0.717, 1.165) is 23.5 Å². The summed E-state index contributed by atoms with van der Waals surface area (Å²) in [4.78, 5) is 4.21. The average Bonchev–Trinajstić information content (AvgIpc) is 3.14. The van der Waals surface area contributed by atoms with Crippen LogP contribution in [-0.2, 0) is 6.18 Å². The van der Waals surface area contributed by atoms with E-state index in [1.165, 1.54) is 6.07 Å². The van der Waals surface area contributed by atoms with E-state index in [1.54, 1.807) is 5.38 Å². The molecule has 116 valence electrons. The minimum absolute atomic E-state index is 0.0364. The Kier molecular flexibility index (Phi) is 3.79. The summed E-state index contributed by atoms with van der Waals surface area (Å²) in [5.41, 5.74) is 0.0415. The number of rotatable bonds is 2. The summed E-state index contributed by atoms with van der Waals surface area (Å²) in [6.45, 7) is 0. The number of hydrogen-bond acceptors (Lipinski definition) is 5. The Hall–Kier alpha value is -2.44. The standard InChI is InChI=1S/C13H5ClF3N5S/c14-8-2-6(1-7(3-8)13(15,16)17)12-19-10(5-23-12)11-9(4-18)20-22-21-11/h1-3,5H,(H,20,21,22). The van der Waals surface area contributed by atoms with Gasteiger partial charge in [-0.05, 0) is 18.2 Å². The van der Waals surface area contributed by atoms with Gasteiger partial charge in [-0.25, -0.2) is 4.98 Å². The molecule has 0 fully saturated rings. The van der Waals surface area contributed by atoms with Gasteiger partial charge in [-0.1, -0.05) is 11.6 Å². The van der Waals surface area contributed by atoms with Crippen molar-refractivity contribution >= 4 is 22.9 Å². The number of aromatic amines is 1. The lowest BCUT2D eigenvalue weighted by Crippen LogP contribution is -2.04. The van der Waals surface area contributed by atoms with Gasteiger partial charge in [-0.15, -0.1) is 16.4 Å². The van der Waals surface area contributed by atoms with E-state index in [1.807, 2.05) is 6.07 Å². The van der Waals surface area contributed by atoms with Crippen molar-refractivity contribution in [3.63, 3.8) is 0 Å². The van der Waals surface area contributed by atoms with Crippen LogP contribution in [0.1, 0.15) is 11.3 Å². The molecular weight excluding hydrogens is 351 g/mol. The van der Waals surface area contributed by atoms with Crippen molar-refractivity contribution < 1.29 is 13.2 Å². The third-order valence-electron chi connectivity index (χ3n) is 2.87. The van der Waals surface area contributed by atoms with Crippen molar-refractivity contribution in [1.82, 2.24) is 20.4 Å². The lowest BCUT2D eigenvalue weighted by atomic mass is 10.1. The SMILES string of the molecule is N#Cc1n[nH]nc1-c1csc(-c2cc(Cl)cc(C(F)(F)F)c2)n1. The van der Waals surface area contributed by atoms with Gasteiger partial charge >= 0.3 is 6.18 Å². The van der Waals surface area contributed by atoms with Crippen LogP contribution in [0.3, 0.4) is 0 Å². The quantitative estimate of drug-likeness (QED) is 0.749.